The van der Waals surface area contributed by atoms with Crippen molar-refractivity contribution in [2.45, 2.75) is 37.1 Å². The number of hydrogen-bond donors (Lipinski definition) is 2. The predicted octanol–water partition coefficient (Wildman–Crippen LogP) is 7.47. The van der Waals surface area contributed by atoms with Gasteiger partial charge in [-0.15, -0.1) is 0 Å². The van der Waals surface area contributed by atoms with Gasteiger partial charge in [-0.1, -0.05) is 30.3 Å². The molecule has 0 aliphatic carbocycles. The van der Waals surface area contributed by atoms with Crippen LogP contribution in [0.4, 0.5) is 26.3 Å². The van der Waals surface area contributed by atoms with E-state index in [0.29, 0.717) is 46.6 Å². The van der Waals surface area contributed by atoms with Crippen molar-refractivity contribution in [1.29, 1.82) is 0 Å². The highest BCUT2D eigenvalue weighted by molar-refractivity contribution is 5.88. The summed E-state index contributed by atoms with van der Waals surface area (Å²) in [5.41, 5.74) is 13.4. The van der Waals surface area contributed by atoms with Crippen LogP contribution in [0, 0.1) is 34.9 Å². The Morgan fingerprint density at radius 3 is 1.65 bits per heavy atom. The first kappa shape index (κ1) is 32.2. The molecular weight excluding hydrogens is 650 g/mol. The molecule has 0 bridgehead atoms. The average molecular weight is 677 g/mol. The lowest BCUT2D eigenvalue weighted by atomic mass is 9.90. The van der Waals surface area contributed by atoms with Gasteiger partial charge in [-0.2, -0.15) is 0 Å². The average Bonchev–Trinajstić information content (AvgIpc) is 3.08. The van der Waals surface area contributed by atoms with Crippen LogP contribution in [-0.4, -0.2) is 12.1 Å². The highest BCUT2D eigenvalue weighted by Gasteiger charge is 2.34. The molecule has 4 unspecified atom stereocenters. The molecule has 0 amide bonds. The zero-order valence-corrected chi connectivity index (χ0v) is 25.4. The summed E-state index contributed by atoms with van der Waals surface area (Å²) < 4.78 is 98.3. The van der Waals surface area contributed by atoms with Gasteiger partial charge in [0.15, 0.2) is 23.3 Å². The molecule has 6 aromatic rings. The molecule has 2 aliphatic rings. The van der Waals surface area contributed by atoms with E-state index in [1.807, 2.05) is 30.3 Å². The molecule has 4 N–H and O–H groups in total. The summed E-state index contributed by atoms with van der Waals surface area (Å²) in [5, 5.41) is 2.78. The van der Waals surface area contributed by atoms with Gasteiger partial charge in [0.25, 0.3) is 0 Å². The smallest absolute Gasteiger partial charge is 0.336 e. The van der Waals surface area contributed by atoms with Crippen molar-refractivity contribution in [1.82, 2.24) is 0 Å². The lowest BCUT2D eigenvalue weighted by molar-refractivity contribution is 0.148. The third kappa shape index (κ3) is 5.98. The van der Waals surface area contributed by atoms with Crippen molar-refractivity contribution < 1.29 is 40.2 Å². The van der Waals surface area contributed by atoms with Crippen LogP contribution >= 0.6 is 0 Å². The Bertz CT molecular complexity index is 2310. The number of halogens is 6. The van der Waals surface area contributed by atoms with Crippen molar-refractivity contribution in [3.63, 3.8) is 0 Å². The SMILES string of the molecule is NC1Cc2c(ccc3ccc(=O)oc23)OC1c1cc(F)c(F)cc1F.NC1Cc2c(ccc3ccccc23)OC1c1cc(F)c(F)cc1F. The molecule has 12 heteroatoms. The van der Waals surface area contributed by atoms with Crippen LogP contribution in [-0.2, 0) is 12.8 Å². The number of benzene rings is 5. The predicted molar refractivity (Wildman–Crippen MR) is 169 cm³/mol. The summed E-state index contributed by atoms with van der Waals surface area (Å²) in [7, 11) is 0. The van der Waals surface area contributed by atoms with Crippen LogP contribution in [0.2, 0.25) is 0 Å². The molecule has 5 aromatic carbocycles. The van der Waals surface area contributed by atoms with Gasteiger partial charge in [0.05, 0.1) is 12.1 Å². The van der Waals surface area contributed by atoms with Crippen molar-refractivity contribution in [2.75, 3.05) is 0 Å². The van der Waals surface area contributed by atoms with E-state index in [4.69, 9.17) is 25.4 Å². The Balaban J connectivity index is 0.000000154. The lowest BCUT2D eigenvalue weighted by Gasteiger charge is -2.32. The fourth-order valence-corrected chi connectivity index (χ4v) is 6.35. The largest absolute Gasteiger partial charge is 0.484 e. The molecule has 49 heavy (non-hydrogen) atoms. The van der Waals surface area contributed by atoms with Crippen LogP contribution in [0.5, 0.6) is 11.5 Å². The van der Waals surface area contributed by atoms with Crippen molar-refractivity contribution in [3.8, 4) is 11.5 Å². The Kier molecular flexibility index (Phi) is 8.29. The monoisotopic (exact) mass is 676 g/mol. The van der Waals surface area contributed by atoms with Gasteiger partial charge >= 0.3 is 5.63 Å². The molecule has 0 radical (unpaired) electrons. The van der Waals surface area contributed by atoms with Crippen molar-refractivity contribution in [2.24, 2.45) is 11.5 Å². The van der Waals surface area contributed by atoms with Crippen molar-refractivity contribution >= 4 is 21.7 Å². The molecule has 0 saturated heterocycles. The lowest BCUT2D eigenvalue weighted by Crippen LogP contribution is -2.38. The molecule has 3 heterocycles. The second-order valence-electron chi connectivity index (χ2n) is 11.9. The number of nitrogens with two attached hydrogens (primary N) is 2. The van der Waals surface area contributed by atoms with E-state index >= 15 is 0 Å². The number of ether oxygens (including phenoxy) is 2. The number of hydrogen-bond acceptors (Lipinski definition) is 6. The zero-order valence-electron chi connectivity index (χ0n) is 25.4. The normalized spacial score (nSPS) is 19.7. The molecule has 6 nitrogen and oxygen atoms in total. The topological polar surface area (TPSA) is 101 Å². The van der Waals surface area contributed by atoms with Gasteiger partial charge in [0.1, 0.15) is 40.9 Å². The summed E-state index contributed by atoms with van der Waals surface area (Å²) in [4.78, 5) is 11.5. The van der Waals surface area contributed by atoms with Crippen LogP contribution in [0.15, 0.2) is 94.1 Å². The summed E-state index contributed by atoms with van der Waals surface area (Å²) in [6.07, 6.45) is -1.17. The first-order valence-corrected chi connectivity index (χ1v) is 15.2. The molecule has 8 rings (SSSR count). The molecule has 250 valence electrons. The van der Waals surface area contributed by atoms with Gasteiger partial charge in [-0.05, 0) is 60.0 Å². The maximum Gasteiger partial charge on any atom is 0.336 e. The Labute approximate surface area is 274 Å². The highest BCUT2D eigenvalue weighted by atomic mass is 19.2. The van der Waals surface area contributed by atoms with Gasteiger partial charge in [-0.3, -0.25) is 0 Å². The van der Waals surface area contributed by atoms with Gasteiger partial charge in [-0.25, -0.2) is 31.1 Å². The van der Waals surface area contributed by atoms with Crippen LogP contribution < -0.4 is 26.6 Å². The van der Waals surface area contributed by atoms with Gasteiger partial charge in [0.2, 0.25) is 0 Å². The summed E-state index contributed by atoms with van der Waals surface area (Å²) in [6, 6.07) is 19.1. The molecule has 0 spiro atoms. The van der Waals surface area contributed by atoms with Gasteiger partial charge < -0.3 is 25.4 Å². The first-order valence-electron chi connectivity index (χ1n) is 15.2. The van der Waals surface area contributed by atoms with Gasteiger partial charge in [0, 0.05) is 45.8 Å². The third-order valence-corrected chi connectivity index (χ3v) is 8.70. The van der Waals surface area contributed by atoms with E-state index in [-0.39, 0.29) is 17.5 Å². The summed E-state index contributed by atoms with van der Waals surface area (Å²) in [6.45, 7) is 0. The molecule has 2 aliphatic heterocycles. The minimum absolute atomic E-state index is 0.0693. The van der Waals surface area contributed by atoms with E-state index in [1.165, 1.54) is 6.07 Å². The van der Waals surface area contributed by atoms with Crippen LogP contribution in [0.3, 0.4) is 0 Å². The molecular formula is C37H26F6N2O4. The first-order chi connectivity index (χ1) is 23.5. The summed E-state index contributed by atoms with van der Waals surface area (Å²) >= 11 is 0. The third-order valence-electron chi connectivity index (χ3n) is 8.70. The standard InChI is InChI=1S/C19H14F3NO.C18H12F3NO3/c20-14-9-16(22)15(21)7-13(14)19-17(23)8-12-11-4-2-1-3-10(11)5-6-18(12)24-19;19-11-7-13(21)12(20)5-9(11)18-14(22)6-10-15(24-18)3-1-8-2-4-16(23)25-17(8)10/h1-7,9,17,19H,8,23H2;1-5,7,14,18H,6,22H2. The fourth-order valence-electron chi connectivity index (χ4n) is 6.35. The molecule has 4 atom stereocenters. The maximum absolute atomic E-state index is 14.1. The number of rotatable bonds is 2. The minimum atomic E-state index is -1.28. The van der Waals surface area contributed by atoms with E-state index in [2.05, 4.69) is 0 Å². The number of fused-ring (bicyclic) bond motifs is 6. The second kappa shape index (κ2) is 12.6. The highest BCUT2D eigenvalue weighted by Crippen LogP contribution is 2.40. The molecule has 0 fully saturated rings. The molecule has 1 aromatic heterocycles. The van der Waals surface area contributed by atoms with Crippen molar-refractivity contribution in [3.05, 3.63) is 153 Å². The Hall–Kier alpha value is -5.33. The van der Waals surface area contributed by atoms with Crippen LogP contribution in [0.25, 0.3) is 21.7 Å². The quantitative estimate of drug-likeness (QED) is 0.112. The zero-order chi connectivity index (χ0) is 34.6. The van der Waals surface area contributed by atoms with E-state index in [9.17, 15) is 31.1 Å². The maximum atomic E-state index is 14.1. The summed E-state index contributed by atoms with van der Waals surface area (Å²) in [5.74, 6) is -5.66. The fraction of sp³-hybridized carbons (Fsp3) is 0.162. The van der Waals surface area contributed by atoms with E-state index in [0.717, 1.165) is 28.5 Å². The van der Waals surface area contributed by atoms with E-state index in [1.54, 1.807) is 24.3 Å². The molecule has 0 saturated carbocycles. The van der Waals surface area contributed by atoms with Crippen LogP contribution in [0.1, 0.15) is 34.5 Å². The van der Waals surface area contributed by atoms with E-state index < -0.39 is 64.8 Å². The second-order valence-corrected chi connectivity index (χ2v) is 11.9. The minimum Gasteiger partial charge on any atom is -0.484 e. The Morgan fingerprint density at radius 1 is 0.551 bits per heavy atom. The Morgan fingerprint density at radius 2 is 1.04 bits per heavy atom.